The number of nitrogens with two attached hydrogens (primary N) is 1. The van der Waals surface area contributed by atoms with Crippen molar-refractivity contribution >= 4 is 23.4 Å². The lowest BCUT2D eigenvalue weighted by Crippen LogP contribution is -2.18. The molecule has 1 saturated carbocycles. The van der Waals surface area contributed by atoms with Crippen LogP contribution in [0.3, 0.4) is 0 Å². The Labute approximate surface area is 119 Å². The third-order valence-corrected chi connectivity index (χ3v) is 5.24. The van der Waals surface area contributed by atoms with Crippen molar-refractivity contribution in [3.05, 3.63) is 28.8 Å². The minimum Gasteiger partial charge on any atom is -0.328 e. The van der Waals surface area contributed by atoms with Crippen molar-refractivity contribution in [1.82, 2.24) is 0 Å². The van der Waals surface area contributed by atoms with Crippen LogP contribution in [0.1, 0.15) is 38.2 Å². The summed E-state index contributed by atoms with van der Waals surface area (Å²) in [5.74, 6) is 2.13. The topological polar surface area (TPSA) is 26.0 Å². The Morgan fingerprint density at radius 3 is 2.78 bits per heavy atom. The Morgan fingerprint density at radius 2 is 2.11 bits per heavy atom. The van der Waals surface area contributed by atoms with E-state index in [-0.39, 0.29) is 6.04 Å². The summed E-state index contributed by atoms with van der Waals surface area (Å²) < 4.78 is 0. The van der Waals surface area contributed by atoms with Crippen LogP contribution in [0.5, 0.6) is 0 Å². The Bertz CT molecular complexity index is 386. The Balaban J connectivity index is 2.03. The predicted molar refractivity (Wildman–Crippen MR) is 81.5 cm³/mol. The Hall–Kier alpha value is -0.180. The molecule has 1 aromatic carbocycles. The summed E-state index contributed by atoms with van der Waals surface area (Å²) in [6.45, 7) is 2.04. The predicted octanol–water partition coefficient (Wildman–Crippen LogP) is 4.51. The number of rotatable bonds is 5. The first kappa shape index (κ1) is 14.2. The third kappa shape index (κ3) is 3.91. The Morgan fingerprint density at radius 1 is 1.39 bits per heavy atom. The molecule has 0 spiro atoms. The molecule has 2 N–H and O–H groups in total. The maximum Gasteiger partial charge on any atom is 0.0449 e. The van der Waals surface area contributed by atoms with Crippen LogP contribution in [0.15, 0.2) is 23.1 Å². The van der Waals surface area contributed by atoms with Crippen molar-refractivity contribution in [2.24, 2.45) is 11.7 Å². The van der Waals surface area contributed by atoms with E-state index in [1.54, 1.807) is 0 Å². The second-order valence-electron chi connectivity index (χ2n) is 5.36. The van der Waals surface area contributed by atoms with E-state index in [0.717, 1.165) is 17.4 Å². The zero-order valence-electron chi connectivity index (χ0n) is 11.0. The zero-order valence-corrected chi connectivity index (χ0v) is 12.6. The minimum absolute atomic E-state index is 0.163. The molecule has 3 heteroatoms. The van der Waals surface area contributed by atoms with E-state index >= 15 is 0 Å². The number of benzene rings is 1. The fourth-order valence-electron chi connectivity index (χ4n) is 2.58. The molecule has 0 bridgehead atoms. The van der Waals surface area contributed by atoms with Gasteiger partial charge in [0.15, 0.2) is 0 Å². The largest absolute Gasteiger partial charge is 0.328 e. The molecule has 1 aliphatic carbocycles. The summed E-state index contributed by atoms with van der Waals surface area (Å²) >= 11 is 8.26. The first-order chi connectivity index (χ1) is 8.66. The highest BCUT2D eigenvalue weighted by molar-refractivity contribution is 7.99. The van der Waals surface area contributed by atoms with Gasteiger partial charge >= 0.3 is 0 Å². The first-order valence-corrected chi connectivity index (χ1v) is 8.19. The summed E-state index contributed by atoms with van der Waals surface area (Å²) in [4.78, 5) is 1.33. The molecule has 0 aliphatic heterocycles. The molecular formula is C15H22ClNS. The average molecular weight is 284 g/mol. The third-order valence-electron chi connectivity index (χ3n) is 3.55. The van der Waals surface area contributed by atoms with E-state index in [1.807, 2.05) is 30.8 Å². The fraction of sp³-hybridized carbons (Fsp3) is 0.600. The van der Waals surface area contributed by atoms with Gasteiger partial charge in [0.05, 0.1) is 0 Å². The minimum atomic E-state index is 0.163. The van der Waals surface area contributed by atoms with Crippen LogP contribution < -0.4 is 5.73 Å². The van der Waals surface area contributed by atoms with Gasteiger partial charge in [-0.15, -0.1) is 11.8 Å². The molecule has 1 aliphatic rings. The first-order valence-electron chi connectivity index (χ1n) is 6.82. The smallest absolute Gasteiger partial charge is 0.0449 e. The molecule has 100 valence electrons. The second-order valence-corrected chi connectivity index (χ2v) is 6.83. The molecule has 2 rings (SSSR count). The van der Waals surface area contributed by atoms with Gasteiger partial charge in [-0.2, -0.15) is 0 Å². The van der Waals surface area contributed by atoms with Crippen LogP contribution in [0, 0.1) is 5.92 Å². The van der Waals surface area contributed by atoms with Crippen LogP contribution >= 0.6 is 23.4 Å². The summed E-state index contributed by atoms with van der Waals surface area (Å²) in [7, 11) is 0. The van der Waals surface area contributed by atoms with Gasteiger partial charge in [-0.05, 0) is 49.8 Å². The molecule has 0 radical (unpaired) electrons. The highest BCUT2D eigenvalue weighted by Crippen LogP contribution is 2.34. The van der Waals surface area contributed by atoms with Gasteiger partial charge in [-0.3, -0.25) is 0 Å². The van der Waals surface area contributed by atoms with Gasteiger partial charge < -0.3 is 5.73 Å². The van der Waals surface area contributed by atoms with Gasteiger partial charge in [-0.25, -0.2) is 0 Å². The number of hydrogen-bond donors (Lipinski definition) is 1. The molecule has 0 aromatic heterocycles. The molecule has 1 fully saturated rings. The van der Waals surface area contributed by atoms with Gasteiger partial charge in [-0.1, -0.05) is 30.5 Å². The van der Waals surface area contributed by atoms with E-state index < -0.39 is 0 Å². The van der Waals surface area contributed by atoms with Crippen molar-refractivity contribution in [3.63, 3.8) is 0 Å². The summed E-state index contributed by atoms with van der Waals surface area (Å²) in [5.41, 5.74) is 7.15. The monoisotopic (exact) mass is 283 g/mol. The maximum atomic E-state index is 6.30. The SMILES string of the molecule is CC(N)Cc1c(Cl)cccc1SCC1CCCC1. The molecule has 0 heterocycles. The Kier molecular flexibility index (Phi) is 5.40. The molecule has 1 nitrogen and oxygen atoms in total. The number of hydrogen-bond acceptors (Lipinski definition) is 2. The second kappa shape index (κ2) is 6.83. The number of halogens is 1. The molecule has 0 amide bonds. The van der Waals surface area contributed by atoms with Gasteiger partial charge in [0, 0.05) is 21.7 Å². The van der Waals surface area contributed by atoms with Crippen molar-refractivity contribution in [2.75, 3.05) is 5.75 Å². The van der Waals surface area contributed by atoms with Gasteiger partial charge in [0.1, 0.15) is 0 Å². The van der Waals surface area contributed by atoms with Crippen LogP contribution in [-0.2, 0) is 6.42 Å². The van der Waals surface area contributed by atoms with Crippen molar-refractivity contribution in [1.29, 1.82) is 0 Å². The van der Waals surface area contributed by atoms with E-state index in [9.17, 15) is 0 Å². The van der Waals surface area contributed by atoms with Gasteiger partial charge in [0.2, 0.25) is 0 Å². The normalized spacial score (nSPS) is 18.2. The van der Waals surface area contributed by atoms with E-state index in [4.69, 9.17) is 17.3 Å². The summed E-state index contributed by atoms with van der Waals surface area (Å²) in [6, 6.07) is 6.36. The maximum absolute atomic E-state index is 6.30. The van der Waals surface area contributed by atoms with Crippen LogP contribution in [0.25, 0.3) is 0 Å². The van der Waals surface area contributed by atoms with E-state index in [0.29, 0.717) is 0 Å². The highest BCUT2D eigenvalue weighted by atomic mass is 35.5. The van der Waals surface area contributed by atoms with Crippen LogP contribution in [-0.4, -0.2) is 11.8 Å². The molecule has 1 atom stereocenters. The molecule has 0 saturated heterocycles. The van der Waals surface area contributed by atoms with Crippen LogP contribution in [0.2, 0.25) is 5.02 Å². The molecule has 18 heavy (non-hydrogen) atoms. The van der Waals surface area contributed by atoms with E-state index in [1.165, 1.54) is 41.9 Å². The van der Waals surface area contributed by atoms with E-state index in [2.05, 4.69) is 6.07 Å². The zero-order chi connectivity index (χ0) is 13.0. The van der Waals surface area contributed by atoms with Crippen LogP contribution in [0.4, 0.5) is 0 Å². The lowest BCUT2D eigenvalue weighted by atomic mass is 10.1. The molecule has 1 unspecified atom stereocenters. The fourth-order valence-corrected chi connectivity index (χ4v) is 4.18. The average Bonchev–Trinajstić information content (AvgIpc) is 2.82. The summed E-state index contributed by atoms with van der Waals surface area (Å²) in [5, 5.41) is 0.865. The molecular weight excluding hydrogens is 262 g/mol. The lowest BCUT2D eigenvalue weighted by Gasteiger charge is -2.15. The van der Waals surface area contributed by atoms with Gasteiger partial charge in [0.25, 0.3) is 0 Å². The standard InChI is InChI=1S/C15H22ClNS/c1-11(17)9-13-14(16)7-4-8-15(13)18-10-12-5-2-3-6-12/h4,7-8,11-12H,2-3,5-6,9-10,17H2,1H3. The summed E-state index contributed by atoms with van der Waals surface area (Å²) in [6.07, 6.45) is 6.49. The quantitative estimate of drug-likeness (QED) is 0.805. The number of thioether (sulfide) groups is 1. The lowest BCUT2D eigenvalue weighted by molar-refractivity contribution is 0.623. The van der Waals surface area contributed by atoms with Crippen molar-refractivity contribution in [2.45, 2.75) is 50.0 Å². The highest BCUT2D eigenvalue weighted by Gasteiger charge is 2.16. The van der Waals surface area contributed by atoms with Crippen molar-refractivity contribution < 1.29 is 0 Å². The molecule has 1 aromatic rings. The van der Waals surface area contributed by atoms with Crippen molar-refractivity contribution in [3.8, 4) is 0 Å².